The van der Waals surface area contributed by atoms with Crippen molar-refractivity contribution in [1.82, 2.24) is 0 Å². The second-order valence-corrected chi connectivity index (χ2v) is 7.57. The molecule has 1 aliphatic rings. The smallest absolute Gasteiger partial charge is 0.0155 e. The predicted octanol–water partition coefficient (Wildman–Crippen LogP) is 6.76. The first-order valence-electron chi connectivity index (χ1n) is 7.88. The summed E-state index contributed by atoms with van der Waals surface area (Å²) in [7, 11) is 0. The highest BCUT2D eigenvalue weighted by Crippen LogP contribution is 2.46. The number of fused-ring (bicyclic) bond motifs is 1. The van der Waals surface area contributed by atoms with Gasteiger partial charge in [0.15, 0.2) is 0 Å². The fourth-order valence-electron chi connectivity index (χ4n) is 3.23. The summed E-state index contributed by atoms with van der Waals surface area (Å²) in [5.74, 6) is 0. The van der Waals surface area contributed by atoms with E-state index in [0.717, 1.165) is 6.42 Å². The number of allylic oxidation sites excluding steroid dienone is 8. The van der Waals surface area contributed by atoms with Gasteiger partial charge in [0.25, 0.3) is 0 Å². The lowest BCUT2D eigenvalue weighted by molar-refractivity contribution is 0.653. The van der Waals surface area contributed by atoms with Crippen molar-refractivity contribution in [3.8, 4) is 0 Å². The Bertz CT molecular complexity index is 682. The lowest BCUT2D eigenvalue weighted by Crippen LogP contribution is -2.16. The van der Waals surface area contributed by atoms with Crippen molar-refractivity contribution < 1.29 is 0 Å². The van der Waals surface area contributed by atoms with E-state index in [1.54, 1.807) is 0 Å². The summed E-state index contributed by atoms with van der Waals surface area (Å²) in [5, 5.41) is 0. The molecular formula is C21H25I. The van der Waals surface area contributed by atoms with E-state index in [1.807, 2.05) is 0 Å². The van der Waals surface area contributed by atoms with Gasteiger partial charge < -0.3 is 0 Å². The van der Waals surface area contributed by atoms with Crippen LogP contribution >= 0.6 is 22.6 Å². The molecule has 0 nitrogen and oxygen atoms in total. The van der Waals surface area contributed by atoms with Crippen LogP contribution in [0.15, 0.2) is 57.7 Å². The van der Waals surface area contributed by atoms with Crippen LogP contribution in [0.5, 0.6) is 0 Å². The van der Waals surface area contributed by atoms with E-state index >= 15 is 0 Å². The van der Waals surface area contributed by atoms with Crippen molar-refractivity contribution >= 4 is 28.2 Å². The molecule has 0 atom stereocenters. The van der Waals surface area contributed by atoms with E-state index in [9.17, 15) is 0 Å². The van der Waals surface area contributed by atoms with E-state index in [4.69, 9.17) is 0 Å². The maximum absolute atomic E-state index is 2.39. The molecule has 0 fully saturated rings. The lowest BCUT2D eigenvalue weighted by Gasteiger charge is -2.23. The summed E-state index contributed by atoms with van der Waals surface area (Å²) in [4.78, 5) is 0. The molecule has 0 aliphatic heterocycles. The zero-order valence-electron chi connectivity index (χ0n) is 14.2. The van der Waals surface area contributed by atoms with Crippen molar-refractivity contribution in [1.29, 1.82) is 0 Å². The van der Waals surface area contributed by atoms with Crippen LogP contribution in [-0.4, -0.2) is 0 Å². The van der Waals surface area contributed by atoms with Crippen LogP contribution in [0.3, 0.4) is 0 Å². The van der Waals surface area contributed by atoms with E-state index in [1.165, 1.54) is 31.4 Å². The van der Waals surface area contributed by atoms with Crippen LogP contribution in [0.2, 0.25) is 0 Å². The van der Waals surface area contributed by atoms with Crippen LogP contribution in [0.25, 0.3) is 5.57 Å². The number of rotatable bonds is 4. The van der Waals surface area contributed by atoms with Gasteiger partial charge in [-0.2, -0.15) is 0 Å². The SMILES string of the molecule is C/C=C\C1=C(C)c2ccc(C/C=C\C(I)=C/C)cc2C1(C)C. The molecule has 22 heavy (non-hydrogen) atoms. The monoisotopic (exact) mass is 404 g/mol. The van der Waals surface area contributed by atoms with E-state index in [0.29, 0.717) is 0 Å². The Morgan fingerprint density at radius 1 is 1.23 bits per heavy atom. The summed E-state index contributed by atoms with van der Waals surface area (Å²) < 4.78 is 1.28. The minimum absolute atomic E-state index is 0.101. The average Bonchev–Trinajstić information content (AvgIpc) is 2.68. The minimum Gasteiger partial charge on any atom is -0.0873 e. The number of hydrogen-bond donors (Lipinski definition) is 0. The third-order valence-corrected chi connectivity index (χ3v) is 5.46. The molecule has 1 heteroatoms. The summed E-state index contributed by atoms with van der Waals surface area (Å²) in [6.07, 6.45) is 12.0. The Balaban J connectivity index is 2.33. The third-order valence-electron chi connectivity index (χ3n) is 4.48. The van der Waals surface area contributed by atoms with Crippen molar-refractivity contribution in [2.75, 3.05) is 0 Å². The normalized spacial score (nSPS) is 17.8. The van der Waals surface area contributed by atoms with Gasteiger partial charge in [-0.3, -0.25) is 0 Å². The van der Waals surface area contributed by atoms with Gasteiger partial charge in [0.1, 0.15) is 0 Å². The Hall–Kier alpha value is -1.09. The molecule has 0 heterocycles. The van der Waals surface area contributed by atoms with Gasteiger partial charge in [-0.25, -0.2) is 0 Å². The lowest BCUT2D eigenvalue weighted by atomic mass is 9.80. The van der Waals surface area contributed by atoms with E-state index < -0.39 is 0 Å². The first-order chi connectivity index (χ1) is 10.4. The Labute approximate surface area is 148 Å². The standard InChI is InChI=1S/C21H25I/c1-6-9-19-15(3)18-13-12-16(10-8-11-17(22)7-2)14-20(18)21(19,4)5/h6-9,11-14H,10H2,1-5H3/b9-6-,11-8-,17-7+. The highest BCUT2D eigenvalue weighted by molar-refractivity contribution is 14.1. The molecule has 0 aromatic heterocycles. The molecule has 0 saturated heterocycles. The topological polar surface area (TPSA) is 0 Å². The van der Waals surface area contributed by atoms with Crippen LogP contribution < -0.4 is 0 Å². The van der Waals surface area contributed by atoms with Crippen LogP contribution in [0.4, 0.5) is 0 Å². The zero-order chi connectivity index (χ0) is 16.3. The second kappa shape index (κ2) is 6.99. The molecule has 2 rings (SSSR count). The number of hydrogen-bond acceptors (Lipinski definition) is 0. The van der Waals surface area contributed by atoms with Crippen molar-refractivity contribution in [2.24, 2.45) is 0 Å². The fraction of sp³-hybridized carbons (Fsp3) is 0.333. The molecule has 0 saturated carbocycles. The summed E-state index contributed by atoms with van der Waals surface area (Å²) in [5.41, 5.74) is 7.23. The Kier molecular flexibility index (Phi) is 5.49. The second-order valence-electron chi connectivity index (χ2n) is 6.32. The molecular weight excluding hydrogens is 379 g/mol. The van der Waals surface area contributed by atoms with Gasteiger partial charge in [-0.05, 0) is 77.6 Å². The Morgan fingerprint density at radius 2 is 1.95 bits per heavy atom. The fourth-order valence-corrected chi connectivity index (χ4v) is 3.48. The highest BCUT2D eigenvalue weighted by Gasteiger charge is 2.34. The summed E-state index contributed by atoms with van der Waals surface area (Å²) in [6, 6.07) is 6.96. The third kappa shape index (κ3) is 3.29. The van der Waals surface area contributed by atoms with Gasteiger partial charge in [0.2, 0.25) is 0 Å². The first-order valence-corrected chi connectivity index (χ1v) is 8.95. The molecule has 1 aromatic rings. The van der Waals surface area contributed by atoms with Gasteiger partial charge in [-0.15, -0.1) is 0 Å². The molecule has 0 radical (unpaired) electrons. The molecule has 1 aliphatic carbocycles. The molecule has 1 aromatic carbocycles. The quantitative estimate of drug-likeness (QED) is 0.384. The molecule has 116 valence electrons. The largest absolute Gasteiger partial charge is 0.0873 e. The van der Waals surface area contributed by atoms with Gasteiger partial charge >= 0.3 is 0 Å². The number of benzene rings is 1. The van der Waals surface area contributed by atoms with E-state index in [-0.39, 0.29) is 5.41 Å². The predicted molar refractivity (Wildman–Crippen MR) is 107 cm³/mol. The van der Waals surface area contributed by atoms with Crippen LogP contribution in [0, 0.1) is 0 Å². The maximum Gasteiger partial charge on any atom is 0.0155 e. The highest BCUT2D eigenvalue weighted by atomic mass is 127. The molecule has 0 N–H and O–H groups in total. The minimum atomic E-state index is 0.101. The van der Waals surface area contributed by atoms with Crippen molar-refractivity contribution in [3.63, 3.8) is 0 Å². The summed E-state index contributed by atoms with van der Waals surface area (Å²) in [6.45, 7) is 11.1. The average molecular weight is 404 g/mol. The Morgan fingerprint density at radius 3 is 2.59 bits per heavy atom. The molecule has 0 unspecified atom stereocenters. The zero-order valence-corrected chi connectivity index (χ0v) is 16.4. The van der Waals surface area contributed by atoms with Crippen molar-refractivity contribution in [3.05, 3.63) is 74.4 Å². The van der Waals surface area contributed by atoms with Crippen LogP contribution in [0.1, 0.15) is 51.3 Å². The summed E-state index contributed by atoms with van der Waals surface area (Å²) >= 11 is 2.36. The molecule has 0 spiro atoms. The van der Waals surface area contributed by atoms with Crippen LogP contribution in [-0.2, 0) is 11.8 Å². The number of halogens is 1. The van der Waals surface area contributed by atoms with Gasteiger partial charge in [0.05, 0.1) is 0 Å². The maximum atomic E-state index is 2.39. The van der Waals surface area contributed by atoms with Gasteiger partial charge in [0, 0.05) is 8.99 Å². The van der Waals surface area contributed by atoms with E-state index in [2.05, 4.69) is 106 Å². The molecule has 0 bridgehead atoms. The first kappa shape index (κ1) is 17.3. The molecule has 0 amide bonds. The van der Waals surface area contributed by atoms with Gasteiger partial charge in [-0.1, -0.05) is 62.4 Å². The van der Waals surface area contributed by atoms with Crippen molar-refractivity contribution in [2.45, 2.75) is 46.5 Å².